The summed E-state index contributed by atoms with van der Waals surface area (Å²) in [4.78, 5) is 0. The van der Waals surface area contributed by atoms with E-state index < -0.39 is 0 Å². The van der Waals surface area contributed by atoms with Gasteiger partial charge < -0.3 is 0 Å². The van der Waals surface area contributed by atoms with Gasteiger partial charge in [0.05, 0.1) is 5.56 Å². The molecule has 23 heavy (non-hydrogen) atoms. The highest BCUT2D eigenvalue weighted by molar-refractivity contribution is 5.74. The maximum Gasteiger partial charge on any atom is 0.213 e. The number of pyridine rings is 1. The fourth-order valence-corrected chi connectivity index (χ4v) is 3.52. The summed E-state index contributed by atoms with van der Waals surface area (Å²) < 4.78 is 2.32. The molecule has 1 aromatic heterocycles. The highest BCUT2D eigenvalue weighted by atomic mass is 15.0. The van der Waals surface area contributed by atoms with Crippen molar-refractivity contribution in [3.05, 3.63) is 78.0 Å². The van der Waals surface area contributed by atoms with Crippen LogP contribution < -0.4 is 4.57 Å². The molecule has 114 valence electrons. The highest BCUT2D eigenvalue weighted by Crippen LogP contribution is 2.31. The van der Waals surface area contributed by atoms with Gasteiger partial charge in [0.1, 0.15) is 0 Å². The summed E-state index contributed by atoms with van der Waals surface area (Å²) in [5.41, 5.74) is 8.16. The molecule has 2 aromatic carbocycles. The first kappa shape index (κ1) is 14.2. The minimum Gasteiger partial charge on any atom is -0.194 e. The second-order valence-electron chi connectivity index (χ2n) is 6.88. The van der Waals surface area contributed by atoms with Crippen molar-refractivity contribution >= 4 is 0 Å². The van der Waals surface area contributed by atoms with E-state index in [2.05, 4.69) is 85.3 Å². The average Bonchev–Trinajstić information content (AvgIpc) is 2.92. The number of fused-ring (bicyclic) bond motifs is 3. The Bertz CT molecular complexity index is 861. The number of rotatable bonds is 3. The van der Waals surface area contributed by atoms with E-state index in [9.17, 15) is 0 Å². The normalized spacial score (nSPS) is 12.3. The second-order valence-corrected chi connectivity index (χ2v) is 6.88. The van der Waals surface area contributed by atoms with Crippen molar-refractivity contribution in [1.82, 2.24) is 0 Å². The first-order chi connectivity index (χ1) is 11.2. The molecule has 1 aliphatic heterocycles. The van der Waals surface area contributed by atoms with Crippen LogP contribution in [0.1, 0.15) is 25.0 Å². The highest BCUT2D eigenvalue weighted by Gasteiger charge is 2.25. The molecule has 1 nitrogen and oxygen atoms in total. The van der Waals surface area contributed by atoms with Gasteiger partial charge in [-0.3, -0.25) is 0 Å². The number of hydrogen-bond donors (Lipinski definition) is 0. The molecular formula is C22H22N+. The van der Waals surface area contributed by atoms with Crippen LogP contribution in [0.2, 0.25) is 0 Å². The van der Waals surface area contributed by atoms with Gasteiger partial charge in [0.2, 0.25) is 5.69 Å². The smallest absolute Gasteiger partial charge is 0.194 e. The molecule has 0 spiro atoms. The SMILES string of the molecule is CC(C)Cc1cccc(-c2ccc3c(c2)-c2cccc[n+]2C3)c1. The molecule has 3 aromatic rings. The molecule has 0 aliphatic carbocycles. The Hall–Kier alpha value is -2.41. The molecule has 0 amide bonds. The minimum absolute atomic E-state index is 0.688. The largest absolute Gasteiger partial charge is 0.213 e. The van der Waals surface area contributed by atoms with Crippen LogP contribution in [-0.2, 0) is 13.0 Å². The quantitative estimate of drug-likeness (QED) is 0.475. The van der Waals surface area contributed by atoms with Gasteiger partial charge in [0, 0.05) is 17.7 Å². The number of benzene rings is 2. The van der Waals surface area contributed by atoms with Gasteiger partial charge in [-0.1, -0.05) is 50.2 Å². The summed E-state index contributed by atoms with van der Waals surface area (Å²) in [6.45, 7) is 5.53. The van der Waals surface area contributed by atoms with Crippen molar-refractivity contribution in [3.8, 4) is 22.4 Å². The van der Waals surface area contributed by atoms with Gasteiger partial charge >= 0.3 is 0 Å². The molecule has 0 saturated carbocycles. The number of nitrogens with zero attached hydrogens (tertiary/aromatic N) is 1. The standard InChI is InChI=1S/C22H22N/c1-16(2)12-17-6-5-7-18(13-17)19-9-10-20-15-23-11-4-3-8-22(23)21(20)14-19/h3-11,13-14,16H,12,15H2,1-2H3/q+1. The van der Waals surface area contributed by atoms with Crippen LogP contribution in [0.3, 0.4) is 0 Å². The van der Waals surface area contributed by atoms with Gasteiger partial charge in [0.25, 0.3) is 0 Å². The molecule has 1 aliphatic rings. The van der Waals surface area contributed by atoms with Crippen LogP contribution in [-0.4, -0.2) is 0 Å². The number of aromatic nitrogens is 1. The Kier molecular flexibility index (Phi) is 3.49. The van der Waals surface area contributed by atoms with Gasteiger partial charge in [-0.15, -0.1) is 0 Å². The summed E-state index contributed by atoms with van der Waals surface area (Å²) in [5, 5.41) is 0. The Morgan fingerprint density at radius 2 is 1.78 bits per heavy atom. The Labute approximate surface area is 138 Å². The molecule has 0 radical (unpaired) electrons. The van der Waals surface area contributed by atoms with Gasteiger partial charge in [-0.05, 0) is 41.2 Å². The topological polar surface area (TPSA) is 3.88 Å². The van der Waals surface area contributed by atoms with Crippen molar-refractivity contribution in [2.24, 2.45) is 5.92 Å². The predicted molar refractivity (Wildman–Crippen MR) is 95.2 cm³/mol. The maximum atomic E-state index is 2.35. The van der Waals surface area contributed by atoms with Crippen LogP contribution in [0.5, 0.6) is 0 Å². The molecule has 0 atom stereocenters. The van der Waals surface area contributed by atoms with Crippen molar-refractivity contribution in [1.29, 1.82) is 0 Å². The van der Waals surface area contributed by atoms with E-state index in [0.717, 1.165) is 13.0 Å². The number of hydrogen-bond acceptors (Lipinski definition) is 0. The van der Waals surface area contributed by atoms with Crippen LogP contribution in [0.15, 0.2) is 66.9 Å². The second kappa shape index (κ2) is 5.66. The van der Waals surface area contributed by atoms with Crippen LogP contribution in [0.25, 0.3) is 22.4 Å². The van der Waals surface area contributed by atoms with E-state index in [0.29, 0.717) is 5.92 Å². The fourth-order valence-electron chi connectivity index (χ4n) is 3.52. The molecule has 0 fully saturated rings. The predicted octanol–water partition coefficient (Wildman–Crippen LogP) is 4.87. The third-order valence-electron chi connectivity index (χ3n) is 4.57. The molecule has 1 heteroatoms. The lowest BCUT2D eigenvalue weighted by molar-refractivity contribution is -0.672. The van der Waals surface area contributed by atoms with Crippen molar-refractivity contribution < 1.29 is 4.57 Å². The summed E-state index contributed by atoms with van der Waals surface area (Å²) in [7, 11) is 0. The summed E-state index contributed by atoms with van der Waals surface area (Å²) in [6, 6.07) is 22.3. The average molecular weight is 300 g/mol. The zero-order valence-electron chi connectivity index (χ0n) is 13.8. The first-order valence-electron chi connectivity index (χ1n) is 8.42. The minimum atomic E-state index is 0.688. The molecular weight excluding hydrogens is 278 g/mol. The van der Waals surface area contributed by atoms with E-state index >= 15 is 0 Å². The molecule has 0 saturated heterocycles. The van der Waals surface area contributed by atoms with Crippen LogP contribution >= 0.6 is 0 Å². The lowest BCUT2D eigenvalue weighted by atomic mass is 9.95. The molecule has 0 bridgehead atoms. The van der Waals surface area contributed by atoms with E-state index in [-0.39, 0.29) is 0 Å². The van der Waals surface area contributed by atoms with Gasteiger partial charge in [0.15, 0.2) is 12.7 Å². The van der Waals surface area contributed by atoms with Crippen molar-refractivity contribution in [3.63, 3.8) is 0 Å². The molecule has 4 rings (SSSR count). The van der Waals surface area contributed by atoms with Gasteiger partial charge in [-0.2, -0.15) is 4.57 Å². The fraction of sp³-hybridized carbons (Fsp3) is 0.227. The van der Waals surface area contributed by atoms with Crippen molar-refractivity contribution in [2.45, 2.75) is 26.8 Å². The maximum absolute atomic E-state index is 2.35. The van der Waals surface area contributed by atoms with Gasteiger partial charge in [-0.25, -0.2) is 0 Å². The van der Waals surface area contributed by atoms with E-state index in [1.54, 1.807) is 0 Å². The zero-order chi connectivity index (χ0) is 15.8. The third kappa shape index (κ3) is 2.68. The summed E-state index contributed by atoms with van der Waals surface area (Å²) in [5.74, 6) is 0.688. The zero-order valence-corrected chi connectivity index (χ0v) is 13.8. The van der Waals surface area contributed by atoms with E-state index in [4.69, 9.17) is 0 Å². The first-order valence-corrected chi connectivity index (χ1v) is 8.42. The lowest BCUT2D eigenvalue weighted by Gasteiger charge is -2.08. The summed E-state index contributed by atoms with van der Waals surface area (Å²) in [6.07, 6.45) is 3.30. The third-order valence-corrected chi connectivity index (χ3v) is 4.57. The monoisotopic (exact) mass is 300 g/mol. The van der Waals surface area contributed by atoms with Crippen LogP contribution in [0.4, 0.5) is 0 Å². The van der Waals surface area contributed by atoms with Crippen LogP contribution in [0, 0.1) is 5.92 Å². The Morgan fingerprint density at radius 1 is 0.913 bits per heavy atom. The van der Waals surface area contributed by atoms with E-state index in [1.165, 1.54) is 33.5 Å². The molecule has 0 N–H and O–H groups in total. The van der Waals surface area contributed by atoms with E-state index in [1.807, 2.05) is 0 Å². The lowest BCUT2D eigenvalue weighted by Crippen LogP contribution is -2.31. The molecule has 2 heterocycles. The Balaban J connectivity index is 1.75. The van der Waals surface area contributed by atoms with Crippen molar-refractivity contribution in [2.75, 3.05) is 0 Å². The summed E-state index contributed by atoms with van der Waals surface area (Å²) >= 11 is 0. The molecule has 0 unspecified atom stereocenters. The Morgan fingerprint density at radius 3 is 2.65 bits per heavy atom.